The predicted molar refractivity (Wildman–Crippen MR) is 57.2 cm³/mol. The molecule has 5 nitrogen and oxygen atoms in total. The van der Waals surface area contributed by atoms with Crippen molar-refractivity contribution in [2.75, 3.05) is 0 Å². The fourth-order valence-corrected chi connectivity index (χ4v) is 1.61. The first-order valence-electron chi connectivity index (χ1n) is 5.09. The first-order valence-corrected chi connectivity index (χ1v) is 5.09. The number of carboxylic acid groups (broad SMARTS) is 1. The summed E-state index contributed by atoms with van der Waals surface area (Å²) < 4.78 is 28.2. The minimum atomic E-state index is -1.25. The van der Waals surface area contributed by atoms with Crippen LogP contribution in [0.2, 0.25) is 0 Å². The van der Waals surface area contributed by atoms with Gasteiger partial charge in [-0.3, -0.25) is 0 Å². The molecule has 1 aromatic carbocycles. The van der Waals surface area contributed by atoms with Crippen molar-refractivity contribution in [2.45, 2.75) is 13.0 Å². The van der Waals surface area contributed by atoms with Crippen molar-refractivity contribution >= 4 is 5.97 Å². The number of nitrogens with zero attached hydrogens (tertiary/aromatic N) is 3. The number of aromatic carboxylic acids is 1. The summed E-state index contributed by atoms with van der Waals surface area (Å²) >= 11 is 0. The second kappa shape index (κ2) is 4.52. The lowest BCUT2D eigenvalue weighted by molar-refractivity contribution is 0.0690. The fourth-order valence-electron chi connectivity index (χ4n) is 1.61. The number of hydrogen-bond acceptors (Lipinski definition) is 3. The summed E-state index contributed by atoms with van der Waals surface area (Å²) in [7, 11) is 0. The van der Waals surface area contributed by atoms with Crippen LogP contribution in [0, 0.1) is 11.6 Å². The molecule has 0 aliphatic heterocycles. The monoisotopic (exact) mass is 253 g/mol. The molecule has 1 atom stereocenters. The maximum atomic E-state index is 13.5. The van der Waals surface area contributed by atoms with Gasteiger partial charge in [0.2, 0.25) is 0 Å². The van der Waals surface area contributed by atoms with E-state index in [2.05, 4.69) is 10.3 Å². The Balaban J connectivity index is 2.41. The van der Waals surface area contributed by atoms with E-state index in [1.807, 2.05) is 0 Å². The molecule has 1 N–H and O–H groups in total. The molecule has 2 aromatic rings. The van der Waals surface area contributed by atoms with E-state index in [4.69, 9.17) is 5.11 Å². The van der Waals surface area contributed by atoms with Crippen LogP contribution in [0.3, 0.4) is 0 Å². The predicted octanol–water partition coefficient (Wildman–Crippen LogP) is 1.86. The van der Waals surface area contributed by atoms with Crippen LogP contribution in [0.5, 0.6) is 0 Å². The molecule has 0 radical (unpaired) electrons. The summed E-state index contributed by atoms with van der Waals surface area (Å²) in [5.41, 5.74) is -0.460. The van der Waals surface area contributed by atoms with Crippen molar-refractivity contribution in [3.63, 3.8) is 0 Å². The van der Waals surface area contributed by atoms with E-state index in [9.17, 15) is 13.6 Å². The van der Waals surface area contributed by atoms with Crippen LogP contribution in [-0.2, 0) is 0 Å². The number of hydrogen-bond donors (Lipinski definition) is 1. The highest BCUT2D eigenvalue weighted by Crippen LogP contribution is 2.23. The summed E-state index contributed by atoms with van der Waals surface area (Å²) in [5.74, 6) is -2.67. The lowest BCUT2D eigenvalue weighted by atomic mass is 10.1. The second-order valence-corrected chi connectivity index (χ2v) is 3.70. The van der Waals surface area contributed by atoms with Gasteiger partial charge in [-0.05, 0) is 19.1 Å². The van der Waals surface area contributed by atoms with Crippen molar-refractivity contribution in [1.82, 2.24) is 15.0 Å². The molecule has 0 saturated carbocycles. The van der Waals surface area contributed by atoms with E-state index in [-0.39, 0.29) is 11.3 Å². The Labute approximate surface area is 101 Å². The van der Waals surface area contributed by atoms with Crippen molar-refractivity contribution in [3.05, 3.63) is 47.3 Å². The van der Waals surface area contributed by atoms with Gasteiger partial charge in [-0.25, -0.2) is 18.3 Å². The lowest BCUT2D eigenvalue weighted by Gasteiger charge is -2.13. The Kier molecular flexibility index (Phi) is 3.05. The van der Waals surface area contributed by atoms with E-state index in [0.717, 1.165) is 23.0 Å². The van der Waals surface area contributed by atoms with Crippen LogP contribution >= 0.6 is 0 Å². The molecule has 7 heteroatoms. The van der Waals surface area contributed by atoms with Gasteiger partial charge in [0.1, 0.15) is 11.6 Å². The molecule has 1 heterocycles. The van der Waals surface area contributed by atoms with Gasteiger partial charge < -0.3 is 5.11 Å². The normalized spacial score (nSPS) is 12.4. The molecular weight excluding hydrogens is 244 g/mol. The number of carboxylic acids is 1. The largest absolute Gasteiger partial charge is 0.476 e. The standard InChI is InChI=1S/C11H9F2N3O2/c1-6(10-7(12)3-2-4-8(10)13)16-5-9(11(17)18)14-15-16/h2-6H,1H3,(H,17,18). The van der Waals surface area contributed by atoms with Gasteiger partial charge in [0.15, 0.2) is 5.69 Å². The SMILES string of the molecule is CC(c1c(F)cccc1F)n1cc(C(=O)O)nn1. The molecule has 0 aliphatic carbocycles. The molecule has 1 unspecified atom stereocenters. The number of halogens is 2. The molecule has 0 aliphatic rings. The zero-order chi connectivity index (χ0) is 13.3. The Morgan fingerprint density at radius 2 is 2.00 bits per heavy atom. The summed E-state index contributed by atoms with van der Waals surface area (Å²) in [6.45, 7) is 1.50. The maximum absolute atomic E-state index is 13.5. The number of benzene rings is 1. The van der Waals surface area contributed by atoms with Crippen LogP contribution in [-0.4, -0.2) is 26.1 Å². The maximum Gasteiger partial charge on any atom is 0.358 e. The van der Waals surface area contributed by atoms with Crippen LogP contribution in [0.15, 0.2) is 24.4 Å². The van der Waals surface area contributed by atoms with E-state index in [0.29, 0.717) is 0 Å². The lowest BCUT2D eigenvalue weighted by Crippen LogP contribution is -2.11. The van der Waals surface area contributed by atoms with Crippen molar-refractivity contribution in [2.24, 2.45) is 0 Å². The Morgan fingerprint density at radius 3 is 2.50 bits per heavy atom. The molecule has 18 heavy (non-hydrogen) atoms. The van der Waals surface area contributed by atoms with Crippen LogP contribution in [0.25, 0.3) is 0 Å². The second-order valence-electron chi connectivity index (χ2n) is 3.70. The van der Waals surface area contributed by atoms with Gasteiger partial charge in [-0.2, -0.15) is 0 Å². The summed E-state index contributed by atoms with van der Waals surface area (Å²) in [6, 6.07) is 2.73. The van der Waals surface area contributed by atoms with Gasteiger partial charge in [0.25, 0.3) is 0 Å². The summed E-state index contributed by atoms with van der Waals surface area (Å²) in [4.78, 5) is 10.6. The van der Waals surface area contributed by atoms with E-state index in [1.54, 1.807) is 0 Å². The summed E-state index contributed by atoms with van der Waals surface area (Å²) in [6.07, 6.45) is 1.12. The van der Waals surface area contributed by atoms with Crippen molar-refractivity contribution in [3.8, 4) is 0 Å². The Bertz CT molecular complexity index is 577. The highest BCUT2D eigenvalue weighted by molar-refractivity contribution is 5.84. The van der Waals surface area contributed by atoms with E-state index in [1.165, 1.54) is 13.0 Å². The minimum Gasteiger partial charge on any atom is -0.476 e. The molecule has 0 saturated heterocycles. The average molecular weight is 253 g/mol. The number of carbonyl (C=O) groups is 1. The topological polar surface area (TPSA) is 68.0 Å². The zero-order valence-corrected chi connectivity index (χ0v) is 9.34. The average Bonchev–Trinajstić information content (AvgIpc) is 2.77. The molecule has 0 spiro atoms. The molecule has 0 amide bonds. The number of aromatic nitrogens is 3. The van der Waals surface area contributed by atoms with Gasteiger partial charge >= 0.3 is 5.97 Å². The van der Waals surface area contributed by atoms with Crippen molar-refractivity contribution < 1.29 is 18.7 Å². The Hall–Kier alpha value is -2.31. The molecule has 0 bridgehead atoms. The smallest absolute Gasteiger partial charge is 0.358 e. The van der Waals surface area contributed by atoms with E-state index < -0.39 is 23.6 Å². The molecule has 1 aromatic heterocycles. The first-order chi connectivity index (χ1) is 8.50. The van der Waals surface area contributed by atoms with Crippen LogP contribution < -0.4 is 0 Å². The summed E-state index contributed by atoms with van der Waals surface area (Å²) in [5, 5.41) is 15.6. The zero-order valence-electron chi connectivity index (χ0n) is 9.34. The third-order valence-electron chi connectivity index (χ3n) is 2.54. The van der Waals surface area contributed by atoms with Crippen LogP contribution in [0.1, 0.15) is 29.0 Å². The third kappa shape index (κ3) is 2.06. The number of rotatable bonds is 3. The highest BCUT2D eigenvalue weighted by Gasteiger charge is 2.20. The minimum absolute atomic E-state index is 0.181. The molecule has 2 rings (SSSR count). The third-order valence-corrected chi connectivity index (χ3v) is 2.54. The van der Waals surface area contributed by atoms with Crippen LogP contribution in [0.4, 0.5) is 8.78 Å². The van der Waals surface area contributed by atoms with Crippen molar-refractivity contribution in [1.29, 1.82) is 0 Å². The first kappa shape index (κ1) is 12.2. The van der Waals surface area contributed by atoms with Gasteiger partial charge in [-0.15, -0.1) is 5.10 Å². The molecule has 0 fully saturated rings. The van der Waals surface area contributed by atoms with E-state index >= 15 is 0 Å². The molecular formula is C11H9F2N3O2. The highest BCUT2D eigenvalue weighted by atomic mass is 19.1. The Morgan fingerprint density at radius 1 is 1.39 bits per heavy atom. The van der Waals surface area contributed by atoms with Gasteiger partial charge in [-0.1, -0.05) is 11.3 Å². The molecule has 94 valence electrons. The van der Waals surface area contributed by atoms with Gasteiger partial charge in [0, 0.05) is 5.56 Å². The fraction of sp³-hybridized carbons (Fsp3) is 0.182. The van der Waals surface area contributed by atoms with Gasteiger partial charge in [0.05, 0.1) is 12.2 Å². The quantitative estimate of drug-likeness (QED) is 0.906.